The summed E-state index contributed by atoms with van der Waals surface area (Å²) < 4.78 is 6.98. The lowest BCUT2D eigenvalue weighted by molar-refractivity contribution is 0.361. The van der Waals surface area contributed by atoms with Gasteiger partial charge in [0.15, 0.2) is 0 Å². The first-order valence-corrected chi connectivity index (χ1v) is 6.94. The number of hydrogen-bond acceptors (Lipinski definition) is 3. The predicted molar refractivity (Wildman–Crippen MR) is 78.2 cm³/mol. The van der Waals surface area contributed by atoms with Gasteiger partial charge in [-0.15, -0.1) is 0 Å². The average Bonchev–Trinajstić information content (AvgIpc) is 2.90. The number of imidazole rings is 1. The molecule has 20 heavy (non-hydrogen) atoms. The molecule has 1 saturated heterocycles. The second-order valence-corrected chi connectivity index (χ2v) is 5.09. The molecule has 106 valence electrons. The van der Waals surface area contributed by atoms with Crippen LogP contribution < -0.4 is 15.7 Å². The van der Waals surface area contributed by atoms with Crippen LogP contribution in [0, 0.1) is 0 Å². The van der Waals surface area contributed by atoms with Gasteiger partial charge in [0.1, 0.15) is 5.75 Å². The third-order valence-corrected chi connectivity index (χ3v) is 3.85. The van der Waals surface area contributed by atoms with E-state index in [0.29, 0.717) is 6.04 Å². The summed E-state index contributed by atoms with van der Waals surface area (Å²) in [6.07, 6.45) is 3.93. The van der Waals surface area contributed by atoms with Gasteiger partial charge < -0.3 is 15.0 Å². The summed E-state index contributed by atoms with van der Waals surface area (Å²) in [7, 11) is 1.64. The van der Waals surface area contributed by atoms with Gasteiger partial charge in [0, 0.05) is 12.2 Å². The summed E-state index contributed by atoms with van der Waals surface area (Å²) in [5.41, 5.74) is 1.83. The van der Waals surface area contributed by atoms with Crippen molar-refractivity contribution in [2.24, 2.45) is 0 Å². The largest absolute Gasteiger partial charge is 0.497 e. The van der Waals surface area contributed by atoms with Crippen LogP contribution in [0.5, 0.6) is 5.75 Å². The lowest BCUT2D eigenvalue weighted by Crippen LogP contribution is -2.32. The molecule has 5 heteroatoms. The third-order valence-electron chi connectivity index (χ3n) is 3.85. The lowest BCUT2D eigenvalue weighted by atomic mass is 10.1. The highest BCUT2D eigenvalue weighted by Crippen LogP contribution is 2.22. The fourth-order valence-corrected chi connectivity index (χ4v) is 2.68. The molecular formula is C15H19N3O2. The Labute approximate surface area is 117 Å². The Balaban J connectivity index is 1.89. The maximum Gasteiger partial charge on any atom is 0.326 e. The zero-order chi connectivity index (χ0) is 13.9. The molecule has 2 aromatic rings. The Morgan fingerprint density at radius 1 is 1.20 bits per heavy atom. The van der Waals surface area contributed by atoms with Gasteiger partial charge in [0.25, 0.3) is 0 Å². The predicted octanol–water partition coefficient (Wildman–Crippen LogP) is 1.78. The van der Waals surface area contributed by atoms with Crippen LogP contribution in [0.25, 0.3) is 11.3 Å². The van der Waals surface area contributed by atoms with Crippen LogP contribution in [0.15, 0.2) is 35.3 Å². The number of hydrogen-bond donors (Lipinski definition) is 2. The highest BCUT2D eigenvalue weighted by Gasteiger charge is 2.17. The molecule has 1 aromatic heterocycles. The molecule has 0 atom stereocenters. The van der Waals surface area contributed by atoms with E-state index in [9.17, 15) is 4.79 Å². The number of aromatic nitrogens is 2. The minimum atomic E-state index is -0.0253. The summed E-state index contributed by atoms with van der Waals surface area (Å²) in [6, 6.07) is 8.01. The molecule has 1 aromatic carbocycles. The number of methoxy groups -OCH3 is 1. The quantitative estimate of drug-likeness (QED) is 0.896. The second kappa shape index (κ2) is 5.54. The molecule has 3 rings (SSSR count). The molecule has 0 bridgehead atoms. The number of nitrogens with zero attached hydrogens (tertiary/aromatic N) is 1. The van der Waals surface area contributed by atoms with E-state index >= 15 is 0 Å². The van der Waals surface area contributed by atoms with Gasteiger partial charge in [-0.05, 0) is 55.8 Å². The summed E-state index contributed by atoms with van der Waals surface area (Å²) in [5, 5.41) is 3.32. The topological polar surface area (TPSA) is 59.0 Å². The molecule has 1 aliphatic rings. The first-order chi connectivity index (χ1) is 9.78. The Hall–Kier alpha value is -2.01. The van der Waals surface area contributed by atoms with E-state index in [2.05, 4.69) is 10.3 Å². The highest BCUT2D eigenvalue weighted by atomic mass is 16.5. The molecule has 0 unspecified atom stereocenters. The van der Waals surface area contributed by atoms with E-state index < -0.39 is 0 Å². The summed E-state index contributed by atoms with van der Waals surface area (Å²) >= 11 is 0. The van der Waals surface area contributed by atoms with E-state index in [1.54, 1.807) is 7.11 Å². The number of aromatic amines is 1. The number of rotatable bonds is 3. The zero-order valence-corrected chi connectivity index (χ0v) is 11.6. The van der Waals surface area contributed by atoms with E-state index in [-0.39, 0.29) is 5.69 Å². The van der Waals surface area contributed by atoms with Crippen molar-refractivity contribution in [2.75, 3.05) is 20.2 Å². The summed E-state index contributed by atoms with van der Waals surface area (Å²) in [6.45, 7) is 1.94. The van der Waals surface area contributed by atoms with Crippen LogP contribution in [0.3, 0.4) is 0 Å². The van der Waals surface area contributed by atoms with Gasteiger partial charge in [0.2, 0.25) is 0 Å². The average molecular weight is 273 g/mol. The normalized spacial score (nSPS) is 16.2. The van der Waals surface area contributed by atoms with Gasteiger partial charge in [-0.25, -0.2) is 4.79 Å². The summed E-state index contributed by atoms with van der Waals surface area (Å²) in [5.74, 6) is 0.814. The summed E-state index contributed by atoms with van der Waals surface area (Å²) in [4.78, 5) is 15.0. The SMILES string of the molecule is COc1ccc(-c2cn(C3CCNCC3)c(=O)[nH]2)cc1. The molecular weight excluding hydrogens is 254 g/mol. The number of ether oxygens (including phenoxy) is 1. The van der Waals surface area contributed by atoms with Crippen molar-refractivity contribution in [2.45, 2.75) is 18.9 Å². The van der Waals surface area contributed by atoms with Gasteiger partial charge in [-0.2, -0.15) is 0 Å². The van der Waals surface area contributed by atoms with Crippen molar-refractivity contribution < 1.29 is 4.74 Å². The Kier molecular flexibility index (Phi) is 3.60. The Morgan fingerprint density at radius 3 is 2.55 bits per heavy atom. The number of H-pyrrole nitrogens is 1. The van der Waals surface area contributed by atoms with E-state index in [1.807, 2.05) is 35.0 Å². The van der Waals surface area contributed by atoms with E-state index in [1.165, 1.54) is 0 Å². The van der Waals surface area contributed by atoms with Crippen LogP contribution in [-0.4, -0.2) is 29.8 Å². The molecule has 1 fully saturated rings. The molecule has 1 aliphatic heterocycles. The minimum Gasteiger partial charge on any atom is -0.497 e. The van der Waals surface area contributed by atoms with E-state index in [0.717, 1.165) is 42.9 Å². The second-order valence-electron chi connectivity index (χ2n) is 5.09. The molecule has 0 amide bonds. The minimum absolute atomic E-state index is 0.0253. The van der Waals surface area contributed by atoms with Crippen molar-refractivity contribution in [1.29, 1.82) is 0 Å². The Morgan fingerprint density at radius 2 is 1.90 bits per heavy atom. The van der Waals surface area contributed by atoms with Crippen LogP contribution in [0.1, 0.15) is 18.9 Å². The van der Waals surface area contributed by atoms with Crippen molar-refractivity contribution >= 4 is 0 Å². The van der Waals surface area contributed by atoms with Crippen molar-refractivity contribution in [3.05, 3.63) is 40.9 Å². The van der Waals surface area contributed by atoms with Crippen LogP contribution in [-0.2, 0) is 0 Å². The molecule has 5 nitrogen and oxygen atoms in total. The van der Waals surface area contributed by atoms with Gasteiger partial charge in [0.05, 0.1) is 12.8 Å². The van der Waals surface area contributed by atoms with Gasteiger partial charge >= 0.3 is 5.69 Å². The van der Waals surface area contributed by atoms with Gasteiger partial charge in [-0.3, -0.25) is 4.57 Å². The number of benzene rings is 1. The van der Waals surface area contributed by atoms with E-state index in [4.69, 9.17) is 4.74 Å². The maximum atomic E-state index is 12.1. The number of piperidine rings is 1. The highest BCUT2D eigenvalue weighted by molar-refractivity contribution is 5.59. The fourth-order valence-electron chi connectivity index (χ4n) is 2.68. The van der Waals surface area contributed by atoms with Crippen molar-refractivity contribution in [3.63, 3.8) is 0 Å². The molecule has 2 heterocycles. The molecule has 2 N–H and O–H groups in total. The zero-order valence-electron chi connectivity index (χ0n) is 11.6. The smallest absolute Gasteiger partial charge is 0.326 e. The maximum absolute atomic E-state index is 12.1. The lowest BCUT2D eigenvalue weighted by Gasteiger charge is -2.22. The Bertz CT molecular complexity index is 621. The first-order valence-electron chi connectivity index (χ1n) is 6.94. The standard InChI is InChI=1S/C15H19N3O2/c1-20-13-4-2-11(3-5-13)14-10-18(15(19)17-14)12-6-8-16-9-7-12/h2-5,10,12,16H,6-9H2,1H3,(H,17,19). The monoisotopic (exact) mass is 273 g/mol. The van der Waals surface area contributed by atoms with Crippen molar-refractivity contribution in [3.8, 4) is 17.0 Å². The first kappa shape index (κ1) is 13.0. The van der Waals surface area contributed by atoms with Crippen molar-refractivity contribution in [1.82, 2.24) is 14.9 Å². The fraction of sp³-hybridized carbons (Fsp3) is 0.400. The molecule has 0 radical (unpaired) electrons. The van der Waals surface area contributed by atoms with Gasteiger partial charge in [-0.1, -0.05) is 0 Å². The number of nitrogens with one attached hydrogen (secondary N) is 2. The molecule has 0 aliphatic carbocycles. The molecule has 0 spiro atoms. The molecule has 0 saturated carbocycles. The van der Waals surface area contributed by atoms with Crippen LogP contribution in [0.4, 0.5) is 0 Å². The third kappa shape index (κ3) is 2.49. The van der Waals surface area contributed by atoms with Crippen LogP contribution >= 0.6 is 0 Å². The van der Waals surface area contributed by atoms with Crippen LogP contribution in [0.2, 0.25) is 0 Å².